The third-order valence-corrected chi connectivity index (χ3v) is 3.35. The van der Waals surface area contributed by atoms with Crippen molar-refractivity contribution in [3.63, 3.8) is 0 Å². The minimum atomic E-state index is -0.276. The first-order valence-electron chi connectivity index (χ1n) is 6.13. The first-order valence-corrected chi connectivity index (χ1v) is 6.93. The van der Waals surface area contributed by atoms with Crippen molar-refractivity contribution in [2.45, 2.75) is 13.5 Å². The molecule has 4 nitrogen and oxygen atoms in total. The predicted octanol–water partition coefficient (Wildman–Crippen LogP) is 3.78. The Hall–Kier alpha value is -2.01. The zero-order chi connectivity index (χ0) is 14.5. The number of halogens is 1. The van der Waals surface area contributed by atoms with E-state index in [1.165, 1.54) is 6.07 Å². The van der Waals surface area contributed by atoms with Crippen LogP contribution >= 0.6 is 15.9 Å². The molecule has 0 bridgehead atoms. The second-order valence-electron chi connectivity index (χ2n) is 4.43. The lowest BCUT2D eigenvalue weighted by Gasteiger charge is -2.10. The molecule has 0 saturated carbocycles. The number of anilines is 1. The van der Waals surface area contributed by atoms with Gasteiger partial charge in [0.15, 0.2) is 0 Å². The van der Waals surface area contributed by atoms with Gasteiger partial charge in [-0.15, -0.1) is 0 Å². The summed E-state index contributed by atoms with van der Waals surface area (Å²) in [5.74, 6) is 0.184. The summed E-state index contributed by atoms with van der Waals surface area (Å²) in [7, 11) is 0. The Labute approximate surface area is 126 Å². The van der Waals surface area contributed by atoms with Crippen LogP contribution in [0.25, 0.3) is 0 Å². The first-order chi connectivity index (χ1) is 9.54. The number of phenolic OH excluding ortho intramolecular Hbond substituents is 1. The molecule has 0 aliphatic carbocycles. The van der Waals surface area contributed by atoms with Gasteiger partial charge in [0, 0.05) is 16.7 Å². The number of rotatable bonds is 3. The Balaban J connectivity index is 1.90. The maximum Gasteiger partial charge on any atom is 0.319 e. The normalized spacial score (nSPS) is 10.1. The minimum Gasteiger partial charge on any atom is -0.508 e. The van der Waals surface area contributed by atoms with Gasteiger partial charge in [0.05, 0.1) is 0 Å². The van der Waals surface area contributed by atoms with Crippen LogP contribution in [-0.2, 0) is 6.54 Å². The number of hydrogen-bond acceptors (Lipinski definition) is 2. The minimum absolute atomic E-state index is 0.184. The van der Waals surface area contributed by atoms with Crippen molar-refractivity contribution >= 4 is 27.6 Å². The Bertz CT molecular complexity index is 612. The average Bonchev–Trinajstić information content (AvgIpc) is 2.41. The van der Waals surface area contributed by atoms with E-state index in [4.69, 9.17) is 0 Å². The number of aromatic hydroxyl groups is 1. The van der Waals surface area contributed by atoms with Crippen LogP contribution in [0.4, 0.5) is 10.5 Å². The number of nitrogens with one attached hydrogen (secondary N) is 2. The Morgan fingerprint density at radius 3 is 2.55 bits per heavy atom. The number of hydrogen-bond donors (Lipinski definition) is 3. The standard InChI is InChI=1S/C15H15BrN2O2/c1-10-8-13(19)6-7-14(10)18-15(20)17-9-11-2-4-12(16)5-3-11/h2-8,19H,9H2,1H3,(H2,17,18,20). The molecule has 3 N–H and O–H groups in total. The summed E-state index contributed by atoms with van der Waals surface area (Å²) in [6, 6.07) is 12.3. The highest BCUT2D eigenvalue weighted by Crippen LogP contribution is 2.19. The zero-order valence-electron chi connectivity index (χ0n) is 11.0. The van der Waals surface area contributed by atoms with E-state index in [1.54, 1.807) is 12.1 Å². The fourth-order valence-corrected chi connectivity index (χ4v) is 2.00. The zero-order valence-corrected chi connectivity index (χ0v) is 12.6. The van der Waals surface area contributed by atoms with Crippen LogP contribution in [0.2, 0.25) is 0 Å². The van der Waals surface area contributed by atoms with Crippen molar-refractivity contribution in [3.8, 4) is 5.75 Å². The Morgan fingerprint density at radius 1 is 1.20 bits per heavy atom. The van der Waals surface area contributed by atoms with Crippen LogP contribution in [0.5, 0.6) is 5.75 Å². The molecular formula is C15H15BrN2O2. The summed E-state index contributed by atoms with van der Waals surface area (Å²) in [5, 5.41) is 14.8. The van der Waals surface area contributed by atoms with Crippen LogP contribution in [0.1, 0.15) is 11.1 Å². The number of aryl methyl sites for hydroxylation is 1. The molecule has 0 heterocycles. The highest BCUT2D eigenvalue weighted by Gasteiger charge is 2.04. The summed E-state index contributed by atoms with van der Waals surface area (Å²) in [4.78, 5) is 11.8. The molecule has 0 aromatic heterocycles. The maximum absolute atomic E-state index is 11.8. The van der Waals surface area contributed by atoms with E-state index in [-0.39, 0.29) is 11.8 Å². The molecule has 20 heavy (non-hydrogen) atoms. The molecule has 0 spiro atoms. The van der Waals surface area contributed by atoms with E-state index in [2.05, 4.69) is 26.6 Å². The fraction of sp³-hybridized carbons (Fsp3) is 0.133. The van der Waals surface area contributed by atoms with Crippen molar-refractivity contribution < 1.29 is 9.90 Å². The molecule has 2 rings (SSSR count). The molecule has 5 heteroatoms. The Morgan fingerprint density at radius 2 is 1.90 bits per heavy atom. The molecule has 2 aromatic rings. The van der Waals surface area contributed by atoms with Gasteiger partial charge < -0.3 is 15.7 Å². The fourth-order valence-electron chi connectivity index (χ4n) is 1.74. The number of amides is 2. The van der Waals surface area contributed by atoms with Gasteiger partial charge >= 0.3 is 6.03 Å². The highest BCUT2D eigenvalue weighted by atomic mass is 79.9. The van der Waals surface area contributed by atoms with E-state index in [1.807, 2.05) is 31.2 Å². The maximum atomic E-state index is 11.8. The summed E-state index contributed by atoms with van der Waals surface area (Å²) in [6.07, 6.45) is 0. The van der Waals surface area contributed by atoms with Gasteiger partial charge in [-0.1, -0.05) is 28.1 Å². The van der Waals surface area contributed by atoms with Gasteiger partial charge in [-0.05, 0) is 48.4 Å². The summed E-state index contributed by atoms with van der Waals surface area (Å²) < 4.78 is 1.01. The monoisotopic (exact) mass is 334 g/mol. The topological polar surface area (TPSA) is 61.4 Å². The van der Waals surface area contributed by atoms with Crippen molar-refractivity contribution in [2.24, 2.45) is 0 Å². The molecule has 0 unspecified atom stereocenters. The third kappa shape index (κ3) is 3.99. The van der Waals surface area contributed by atoms with Gasteiger partial charge in [0.1, 0.15) is 5.75 Å². The second kappa shape index (κ2) is 6.43. The van der Waals surface area contributed by atoms with Gasteiger partial charge in [-0.3, -0.25) is 0 Å². The lowest BCUT2D eigenvalue weighted by atomic mass is 10.2. The summed E-state index contributed by atoms with van der Waals surface area (Å²) >= 11 is 3.36. The average molecular weight is 335 g/mol. The largest absolute Gasteiger partial charge is 0.508 e. The van der Waals surface area contributed by atoms with E-state index in [9.17, 15) is 9.90 Å². The molecule has 0 fully saturated rings. The summed E-state index contributed by atoms with van der Waals surface area (Å²) in [5.41, 5.74) is 2.51. The lowest BCUT2D eigenvalue weighted by Crippen LogP contribution is -2.28. The van der Waals surface area contributed by atoms with E-state index in [0.29, 0.717) is 12.2 Å². The van der Waals surface area contributed by atoms with Crippen LogP contribution in [-0.4, -0.2) is 11.1 Å². The molecule has 0 aliphatic rings. The summed E-state index contributed by atoms with van der Waals surface area (Å²) in [6.45, 7) is 2.28. The van der Waals surface area contributed by atoms with Gasteiger partial charge in [0.2, 0.25) is 0 Å². The van der Waals surface area contributed by atoms with Crippen molar-refractivity contribution in [1.29, 1.82) is 0 Å². The lowest BCUT2D eigenvalue weighted by molar-refractivity contribution is 0.251. The van der Waals surface area contributed by atoms with Gasteiger partial charge in [-0.25, -0.2) is 4.79 Å². The number of urea groups is 1. The smallest absolute Gasteiger partial charge is 0.319 e. The molecule has 0 radical (unpaired) electrons. The third-order valence-electron chi connectivity index (χ3n) is 2.82. The van der Waals surface area contributed by atoms with Gasteiger partial charge in [-0.2, -0.15) is 0 Å². The predicted molar refractivity (Wildman–Crippen MR) is 82.8 cm³/mol. The number of carbonyl (C=O) groups excluding carboxylic acids is 1. The number of carbonyl (C=O) groups is 1. The first kappa shape index (κ1) is 14.4. The molecule has 0 aliphatic heterocycles. The number of phenols is 1. The van der Waals surface area contributed by atoms with Crippen molar-refractivity contribution in [2.75, 3.05) is 5.32 Å². The van der Waals surface area contributed by atoms with E-state index in [0.717, 1.165) is 15.6 Å². The highest BCUT2D eigenvalue weighted by molar-refractivity contribution is 9.10. The Kier molecular flexibility index (Phi) is 4.63. The van der Waals surface area contributed by atoms with Crippen LogP contribution in [0, 0.1) is 6.92 Å². The second-order valence-corrected chi connectivity index (χ2v) is 5.35. The molecule has 104 valence electrons. The van der Waals surface area contributed by atoms with Crippen LogP contribution < -0.4 is 10.6 Å². The molecular weight excluding hydrogens is 320 g/mol. The quantitative estimate of drug-likeness (QED) is 0.748. The van der Waals surface area contributed by atoms with E-state index >= 15 is 0 Å². The SMILES string of the molecule is Cc1cc(O)ccc1NC(=O)NCc1ccc(Br)cc1. The van der Waals surface area contributed by atoms with Crippen LogP contribution in [0.15, 0.2) is 46.9 Å². The van der Waals surface area contributed by atoms with Crippen LogP contribution in [0.3, 0.4) is 0 Å². The molecule has 0 atom stereocenters. The molecule has 2 amide bonds. The van der Waals surface area contributed by atoms with Crippen molar-refractivity contribution in [3.05, 3.63) is 58.1 Å². The molecule has 2 aromatic carbocycles. The van der Waals surface area contributed by atoms with Crippen molar-refractivity contribution in [1.82, 2.24) is 5.32 Å². The van der Waals surface area contributed by atoms with E-state index < -0.39 is 0 Å². The van der Waals surface area contributed by atoms with Gasteiger partial charge in [0.25, 0.3) is 0 Å². The number of benzene rings is 2. The molecule has 0 saturated heterocycles.